The fourth-order valence-electron chi connectivity index (χ4n) is 0.850. The summed E-state index contributed by atoms with van der Waals surface area (Å²) >= 11 is 0. The second-order valence-electron chi connectivity index (χ2n) is 1.96. The van der Waals surface area contributed by atoms with Crippen LogP contribution in [0.4, 0.5) is 0 Å². The average Bonchev–Trinajstić information content (AvgIpc) is 2.36. The van der Waals surface area contributed by atoms with Gasteiger partial charge in [-0.2, -0.15) is 0 Å². The molecule has 0 saturated carbocycles. The topological polar surface area (TPSA) is 61.8 Å². The summed E-state index contributed by atoms with van der Waals surface area (Å²) in [5.41, 5.74) is 1.31. The highest BCUT2D eigenvalue weighted by Crippen LogP contribution is 2.17. The molecule has 0 aromatic carbocycles. The van der Waals surface area contributed by atoms with E-state index in [1.54, 1.807) is 6.20 Å². The number of hydrogen-bond acceptors (Lipinski definition) is 3. The van der Waals surface area contributed by atoms with Crippen LogP contribution >= 0.6 is 0 Å². The molecule has 0 bridgehead atoms. The molecule has 10 heavy (non-hydrogen) atoms. The maximum absolute atomic E-state index is 9.12. The first kappa shape index (κ1) is 5.22. The predicted molar refractivity (Wildman–Crippen MR) is 35.6 cm³/mol. The summed E-state index contributed by atoms with van der Waals surface area (Å²) in [6, 6.07) is 0. The zero-order valence-electron chi connectivity index (χ0n) is 5.07. The molecule has 2 rings (SSSR count). The third kappa shape index (κ3) is 0.556. The standard InChI is InChI=1S/C6H5N3O/c10-5-2-7-1-4-6(5)9-3-8-4/h1-3,10H,(H,8,9). The minimum atomic E-state index is 0.110. The van der Waals surface area contributed by atoms with Gasteiger partial charge in [-0.25, -0.2) is 4.98 Å². The lowest BCUT2D eigenvalue weighted by molar-refractivity contribution is 0.478. The van der Waals surface area contributed by atoms with Crippen LogP contribution in [0.25, 0.3) is 11.0 Å². The van der Waals surface area contributed by atoms with Crippen molar-refractivity contribution in [1.82, 2.24) is 15.0 Å². The lowest BCUT2D eigenvalue weighted by Gasteiger charge is -1.88. The van der Waals surface area contributed by atoms with Gasteiger partial charge in [-0.05, 0) is 0 Å². The number of aromatic amines is 1. The van der Waals surface area contributed by atoms with Gasteiger partial charge in [0.15, 0.2) is 5.75 Å². The fraction of sp³-hybridized carbons (Fsp3) is 0. The number of H-pyrrole nitrogens is 1. The summed E-state index contributed by atoms with van der Waals surface area (Å²) in [5.74, 6) is 0.110. The molecule has 0 aliphatic carbocycles. The molecule has 4 nitrogen and oxygen atoms in total. The second-order valence-corrected chi connectivity index (χ2v) is 1.96. The Morgan fingerprint density at radius 1 is 1.40 bits per heavy atom. The van der Waals surface area contributed by atoms with E-state index in [-0.39, 0.29) is 5.75 Å². The van der Waals surface area contributed by atoms with Gasteiger partial charge in [0.1, 0.15) is 5.52 Å². The van der Waals surface area contributed by atoms with Gasteiger partial charge in [-0.15, -0.1) is 0 Å². The molecule has 0 radical (unpaired) electrons. The Morgan fingerprint density at radius 2 is 2.30 bits per heavy atom. The van der Waals surface area contributed by atoms with E-state index in [1.165, 1.54) is 12.5 Å². The molecule has 50 valence electrons. The number of nitrogens with zero attached hydrogens (tertiary/aromatic N) is 2. The summed E-state index contributed by atoms with van der Waals surface area (Å²) in [4.78, 5) is 10.5. The maximum atomic E-state index is 9.12. The van der Waals surface area contributed by atoms with Crippen LogP contribution in [0.5, 0.6) is 5.75 Å². The summed E-state index contributed by atoms with van der Waals surface area (Å²) in [5, 5.41) is 9.12. The van der Waals surface area contributed by atoms with E-state index >= 15 is 0 Å². The van der Waals surface area contributed by atoms with Crippen LogP contribution in [0.3, 0.4) is 0 Å². The van der Waals surface area contributed by atoms with Gasteiger partial charge in [0.05, 0.1) is 24.2 Å². The SMILES string of the molecule is Oc1cncc2[nH]cnc12. The number of aromatic hydroxyl groups is 1. The van der Waals surface area contributed by atoms with Crippen molar-refractivity contribution in [3.8, 4) is 5.75 Å². The molecule has 0 spiro atoms. The zero-order chi connectivity index (χ0) is 6.97. The van der Waals surface area contributed by atoms with Crippen molar-refractivity contribution >= 4 is 11.0 Å². The maximum Gasteiger partial charge on any atom is 0.161 e. The molecule has 2 aromatic heterocycles. The van der Waals surface area contributed by atoms with Gasteiger partial charge >= 0.3 is 0 Å². The van der Waals surface area contributed by atoms with Crippen LogP contribution < -0.4 is 0 Å². The third-order valence-electron chi connectivity index (χ3n) is 1.31. The molecule has 0 atom stereocenters. The molecule has 0 amide bonds. The number of rotatable bonds is 0. The van der Waals surface area contributed by atoms with Crippen molar-refractivity contribution in [2.45, 2.75) is 0 Å². The molecule has 2 N–H and O–H groups in total. The van der Waals surface area contributed by atoms with Crippen molar-refractivity contribution in [1.29, 1.82) is 0 Å². The smallest absolute Gasteiger partial charge is 0.161 e. The molecule has 0 unspecified atom stereocenters. The third-order valence-corrected chi connectivity index (χ3v) is 1.31. The number of hydrogen-bond donors (Lipinski definition) is 2. The van der Waals surface area contributed by atoms with E-state index in [9.17, 15) is 0 Å². The molecule has 0 fully saturated rings. The summed E-state index contributed by atoms with van der Waals surface area (Å²) < 4.78 is 0. The largest absolute Gasteiger partial charge is 0.504 e. The Balaban J connectivity index is 2.95. The molecule has 4 heteroatoms. The van der Waals surface area contributed by atoms with E-state index in [1.807, 2.05) is 0 Å². The highest BCUT2D eigenvalue weighted by molar-refractivity contribution is 5.79. The normalized spacial score (nSPS) is 10.4. The Bertz CT molecular complexity index is 355. The van der Waals surface area contributed by atoms with Crippen molar-refractivity contribution in [3.05, 3.63) is 18.7 Å². The van der Waals surface area contributed by atoms with Crippen LogP contribution in [0.15, 0.2) is 18.7 Å². The van der Waals surface area contributed by atoms with Crippen LogP contribution in [0.2, 0.25) is 0 Å². The number of aromatic nitrogens is 3. The number of imidazole rings is 1. The molecule has 2 aromatic rings. The van der Waals surface area contributed by atoms with Crippen LogP contribution in [-0.4, -0.2) is 20.1 Å². The molecule has 0 saturated heterocycles. The summed E-state index contributed by atoms with van der Waals surface area (Å²) in [7, 11) is 0. The van der Waals surface area contributed by atoms with E-state index in [0.29, 0.717) is 5.52 Å². The first-order valence-electron chi connectivity index (χ1n) is 2.84. The van der Waals surface area contributed by atoms with E-state index in [4.69, 9.17) is 5.11 Å². The summed E-state index contributed by atoms with van der Waals surface area (Å²) in [6.45, 7) is 0. The van der Waals surface area contributed by atoms with Crippen molar-refractivity contribution in [2.24, 2.45) is 0 Å². The van der Waals surface area contributed by atoms with Gasteiger partial charge in [-0.3, -0.25) is 4.98 Å². The first-order valence-corrected chi connectivity index (χ1v) is 2.84. The first-order chi connectivity index (χ1) is 4.88. The Hall–Kier alpha value is -1.58. The van der Waals surface area contributed by atoms with Crippen LogP contribution in [0.1, 0.15) is 0 Å². The molecular formula is C6H5N3O. The lowest BCUT2D eigenvalue weighted by atomic mass is 10.4. The van der Waals surface area contributed by atoms with E-state index in [2.05, 4.69) is 15.0 Å². The highest BCUT2D eigenvalue weighted by atomic mass is 16.3. The minimum absolute atomic E-state index is 0.110. The van der Waals surface area contributed by atoms with Gasteiger partial charge in [-0.1, -0.05) is 0 Å². The van der Waals surface area contributed by atoms with E-state index < -0.39 is 0 Å². The monoisotopic (exact) mass is 135 g/mol. The van der Waals surface area contributed by atoms with Gasteiger partial charge in [0.25, 0.3) is 0 Å². The van der Waals surface area contributed by atoms with Crippen LogP contribution in [-0.2, 0) is 0 Å². The molecule has 0 aliphatic rings. The average molecular weight is 135 g/mol. The van der Waals surface area contributed by atoms with Gasteiger partial charge in [0.2, 0.25) is 0 Å². The summed E-state index contributed by atoms with van der Waals surface area (Å²) in [6.07, 6.45) is 4.50. The Morgan fingerprint density at radius 3 is 3.10 bits per heavy atom. The van der Waals surface area contributed by atoms with Crippen LogP contribution in [0, 0.1) is 0 Å². The van der Waals surface area contributed by atoms with Crippen molar-refractivity contribution < 1.29 is 5.11 Å². The molecule has 2 heterocycles. The van der Waals surface area contributed by atoms with Gasteiger partial charge < -0.3 is 10.1 Å². The minimum Gasteiger partial charge on any atom is -0.504 e. The fourth-order valence-corrected chi connectivity index (χ4v) is 0.850. The van der Waals surface area contributed by atoms with Crippen molar-refractivity contribution in [2.75, 3.05) is 0 Å². The highest BCUT2D eigenvalue weighted by Gasteiger charge is 1.99. The zero-order valence-corrected chi connectivity index (χ0v) is 5.07. The Labute approximate surface area is 56.6 Å². The number of pyridine rings is 1. The van der Waals surface area contributed by atoms with E-state index in [0.717, 1.165) is 5.52 Å². The number of fused-ring (bicyclic) bond motifs is 1. The predicted octanol–water partition coefficient (Wildman–Crippen LogP) is 0.663. The van der Waals surface area contributed by atoms with Crippen molar-refractivity contribution in [3.63, 3.8) is 0 Å². The molecule has 0 aliphatic heterocycles. The lowest BCUT2D eigenvalue weighted by Crippen LogP contribution is -1.73. The van der Waals surface area contributed by atoms with Gasteiger partial charge in [0, 0.05) is 0 Å². The quantitative estimate of drug-likeness (QED) is 0.557. The second kappa shape index (κ2) is 1.70. The number of nitrogens with one attached hydrogen (secondary N) is 1. The molecular weight excluding hydrogens is 130 g/mol. The Kier molecular flexibility index (Phi) is 0.887.